The maximum absolute atomic E-state index is 11.0. The van der Waals surface area contributed by atoms with Gasteiger partial charge in [-0.15, -0.1) is 0 Å². The summed E-state index contributed by atoms with van der Waals surface area (Å²) in [6.07, 6.45) is 2.64. The van der Waals surface area contributed by atoms with E-state index in [2.05, 4.69) is 4.98 Å². The molecule has 0 spiro atoms. The van der Waals surface area contributed by atoms with Crippen molar-refractivity contribution in [2.75, 3.05) is 14.2 Å². The quantitative estimate of drug-likeness (QED) is 0.811. The van der Waals surface area contributed by atoms with Crippen LogP contribution in [0.25, 0.3) is 11.5 Å². The molecule has 0 saturated heterocycles. The molecule has 0 N–H and O–H groups in total. The van der Waals surface area contributed by atoms with Gasteiger partial charge in [0.15, 0.2) is 11.5 Å². The summed E-state index contributed by atoms with van der Waals surface area (Å²) < 4.78 is 15.9. The second-order valence-corrected chi connectivity index (χ2v) is 4.42. The van der Waals surface area contributed by atoms with E-state index in [0.29, 0.717) is 30.2 Å². The maximum atomic E-state index is 11.0. The number of ether oxygens (including phenoxy) is 2. The third-order valence-electron chi connectivity index (χ3n) is 2.92. The van der Waals surface area contributed by atoms with E-state index in [4.69, 9.17) is 13.9 Å². The van der Waals surface area contributed by atoms with Gasteiger partial charge in [0.1, 0.15) is 12.0 Å². The highest BCUT2D eigenvalue weighted by molar-refractivity contribution is 5.75. The number of hydrogen-bond acceptors (Lipinski definition) is 5. The number of carbonyl (C=O) groups is 1. The van der Waals surface area contributed by atoms with Crippen molar-refractivity contribution in [3.8, 4) is 23.0 Å². The number of nitrogens with zero attached hydrogens (tertiary/aromatic N) is 1. The minimum Gasteiger partial charge on any atom is -0.493 e. The van der Waals surface area contributed by atoms with Crippen molar-refractivity contribution in [3.05, 3.63) is 30.2 Å². The van der Waals surface area contributed by atoms with Crippen LogP contribution in [0.15, 0.2) is 28.9 Å². The lowest BCUT2D eigenvalue weighted by molar-refractivity contribution is -0.116. The lowest BCUT2D eigenvalue weighted by Crippen LogP contribution is -1.94. The van der Waals surface area contributed by atoms with Gasteiger partial charge in [-0.2, -0.15) is 0 Å². The number of ketones is 1. The Labute approximate surface area is 117 Å². The van der Waals surface area contributed by atoms with Crippen LogP contribution in [0.2, 0.25) is 0 Å². The minimum atomic E-state index is 0.140. The Hall–Kier alpha value is -2.30. The Morgan fingerprint density at radius 1 is 1.25 bits per heavy atom. The molecular formula is C15H17NO4. The van der Waals surface area contributed by atoms with Crippen LogP contribution in [0.1, 0.15) is 19.0 Å². The monoisotopic (exact) mass is 275 g/mol. The Kier molecular flexibility index (Phi) is 4.40. The van der Waals surface area contributed by atoms with Crippen molar-refractivity contribution in [2.24, 2.45) is 0 Å². The number of hydrogen-bond donors (Lipinski definition) is 0. The summed E-state index contributed by atoms with van der Waals surface area (Å²) in [6, 6.07) is 5.45. The molecular weight excluding hydrogens is 258 g/mol. The lowest BCUT2D eigenvalue weighted by Gasteiger charge is -2.07. The highest BCUT2D eigenvalue weighted by Crippen LogP contribution is 2.31. The maximum Gasteiger partial charge on any atom is 0.226 e. The minimum absolute atomic E-state index is 0.140. The molecule has 0 unspecified atom stereocenters. The van der Waals surface area contributed by atoms with E-state index < -0.39 is 0 Å². The average molecular weight is 275 g/mol. The molecule has 0 fully saturated rings. The first-order valence-electron chi connectivity index (χ1n) is 6.30. The zero-order valence-corrected chi connectivity index (χ0v) is 11.8. The molecule has 106 valence electrons. The van der Waals surface area contributed by atoms with Gasteiger partial charge in [-0.05, 0) is 31.5 Å². The van der Waals surface area contributed by atoms with Crippen LogP contribution in [-0.2, 0) is 11.2 Å². The molecule has 2 rings (SSSR count). The average Bonchev–Trinajstić information content (AvgIpc) is 2.93. The van der Waals surface area contributed by atoms with Crippen molar-refractivity contribution in [1.29, 1.82) is 0 Å². The number of rotatable bonds is 6. The second-order valence-electron chi connectivity index (χ2n) is 4.42. The predicted octanol–water partition coefficient (Wildman–Crippen LogP) is 2.88. The molecule has 0 radical (unpaired) electrons. The molecule has 5 nitrogen and oxygen atoms in total. The standard InChI is InChI=1S/C15H17NO4/c1-10(17)4-6-12-9-20-15(16-12)11-5-7-13(18-2)14(8-11)19-3/h5,7-9H,4,6H2,1-3H3. The van der Waals surface area contributed by atoms with E-state index in [1.54, 1.807) is 39.5 Å². The zero-order valence-electron chi connectivity index (χ0n) is 11.8. The van der Waals surface area contributed by atoms with Gasteiger partial charge >= 0.3 is 0 Å². The van der Waals surface area contributed by atoms with Crippen LogP contribution in [0.4, 0.5) is 0 Å². The topological polar surface area (TPSA) is 61.6 Å². The molecule has 0 bridgehead atoms. The Balaban J connectivity index is 2.21. The third kappa shape index (κ3) is 3.17. The summed E-state index contributed by atoms with van der Waals surface area (Å²) in [4.78, 5) is 15.3. The molecule has 0 amide bonds. The SMILES string of the molecule is COc1ccc(-c2nc(CCC(C)=O)co2)cc1OC. The van der Waals surface area contributed by atoms with Gasteiger partial charge in [-0.1, -0.05) is 0 Å². The van der Waals surface area contributed by atoms with Gasteiger partial charge in [-0.3, -0.25) is 0 Å². The Bertz CT molecular complexity index is 604. The van der Waals surface area contributed by atoms with Crippen molar-refractivity contribution in [3.63, 3.8) is 0 Å². The molecule has 1 aromatic carbocycles. The van der Waals surface area contributed by atoms with Crippen molar-refractivity contribution < 1.29 is 18.7 Å². The van der Waals surface area contributed by atoms with Gasteiger partial charge in [0.2, 0.25) is 5.89 Å². The smallest absolute Gasteiger partial charge is 0.226 e. The molecule has 20 heavy (non-hydrogen) atoms. The summed E-state index contributed by atoms with van der Waals surface area (Å²) in [7, 11) is 3.16. The normalized spacial score (nSPS) is 10.3. The molecule has 5 heteroatoms. The second kappa shape index (κ2) is 6.23. The molecule has 1 heterocycles. The van der Waals surface area contributed by atoms with Crippen LogP contribution < -0.4 is 9.47 Å². The molecule has 0 aliphatic rings. The van der Waals surface area contributed by atoms with Gasteiger partial charge < -0.3 is 18.7 Å². The summed E-state index contributed by atoms with van der Waals surface area (Å²) in [5.74, 6) is 1.92. The fourth-order valence-corrected chi connectivity index (χ4v) is 1.83. The summed E-state index contributed by atoms with van der Waals surface area (Å²) >= 11 is 0. The Morgan fingerprint density at radius 2 is 2.00 bits per heavy atom. The van der Waals surface area contributed by atoms with E-state index in [1.807, 2.05) is 6.07 Å². The molecule has 0 aliphatic carbocycles. The third-order valence-corrected chi connectivity index (χ3v) is 2.92. The van der Waals surface area contributed by atoms with Crippen LogP contribution in [0.5, 0.6) is 11.5 Å². The van der Waals surface area contributed by atoms with Crippen LogP contribution in [0.3, 0.4) is 0 Å². The Morgan fingerprint density at radius 3 is 2.65 bits per heavy atom. The van der Waals surface area contributed by atoms with E-state index in [0.717, 1.165) is 11.3 Å². The number of aryl methyl sites for hydroxylation is 1. The highest BCUT2D eigenvalue weighted by Gasteiger charge is 2.11. The van der Waals surface area contributed by atoms with E-state index in [1.165, 1.54) is 0 Å². The molecule has 1 aromatic heterocycles. The number of aromatic nitrogens is 1. The first kappa shape index (κ1) is 14.1. The predicted molar refractivity (Wildman–Crippen MR) is 74.0 cm³/mol. The van der Waals surface area contributed by atoms with Crippen LogP contribution >= 0.6 is 0 Å². The number of methoxy groups -OCH3 is 2. The fraction of sp³-hybridized carbons (Fsp3) is 0.333. The summed E-state index contributed by atoms with van der Waals surface area (Å²) in [5.41, 5.74) is 1.57. The summed E-state index contributed by atoms with van der Waals surface area (Å²) in [6.45, 7) is 1.56. The number of carbonyl (C=O) groups excluding carboxylic acids is 1. The fourth-order valence-electron chi connectivity index (χ4n) is 1.83. The van der Waals surface area contributed by atoms with E-state index in [9.17, 15) is 4.79 Å². The number of benzene rings is 1. The number of oxazole rings is 1. The van der Waals surface area contributed by atoms with E-state index in [-0.39, 0.29) is 5.78 Å². The van der Waals surface area contributed by atoms with Crippen LogP contribution in [0, 0.1) is 0 Å². The lowest BCUT2D eigenvalue weighted by atomic mass is 10.2. The molecule has 0 saturated carbocycles. The van der Waals surface area contributed by atoms with Gasteiger partial charge in [0.25, 0.3) is 0 Å². The van der Waals surface area contributed by atoms with Crippen LogP contribution in [-0.4, -0.2) is 25.0 Å². The molecule has 0 atom stereocenters. The summed E-state index contributed by atoms with van der Waals surface area (Å²) in [5, 5.41) is 0. The van der Waals surface area contributed by atoms with Crippen molar-refractivity contribution in [1.82, 2.24) is 4.98 Å². The first-order valence-corrected chi connectivity index (χ1v) is 6.30. The molecule has 0 aliphatic heterocycles. The van der Waals surface area contributed by atoms with Gasteiger partial charge in [-0.25, -0.2) is 4.98 Å². The van der Waals surface area contributed by atoms with Gasteiger partial charge in [0.05, 0.1) is 19.9 Å². The zero-order chi connectivity index (χ0) is 14.5. The van der Waals surface area contributed by atoms with E-state index >= 15 is 0 Å². The van der Waals surface area contributed by atoms with Gasteiger partial charge in [0, 0.05) is 12.0 Å². The van der Waals surface area contributed by atoms with Crippen molar-refractivity contribution >= 4 is 5.78 Å². The van der Waals surface area contributed by atoms with Crippen molar-refractivity contribution in [2.45, 2.75) is 19.8 Å². The number of Topliss-reactive ketones (excluding diaryl/α,β-unsaturated/α-hetero) is 1. The first-order chi connectivity index (χ1) is 9.63. The molecule has 2 aromatic rings. The highest BCUT2D eigenvalue weighted by atomic mass is 16.5. The largest absolute Gasteiger partial charge is 0.493 e.